The summed E-state index contributed by atoms with van der Waals surface area (Å²) in [4.78, 5) is 4.77. The number of halogens is 4. The summed E-state index contributed by atoms with van der Waals surface area (Å²) in [6, 6.07) is 18.7. The molecule has 1 aliphatic rings. The van der Waals surface area contributed by atoms with Gasteiger partial charge in [0.05, 0.1) is 6.04 Å². The average Bonchev–Trinajstić information content (AvgIpc) is 3.14. The Labute approximate surface area is 177 Å². The first-order chi connectivity index (χ1) is 14.0. The van der Waals surface area contributed by atoms with Gasteiger partial charge in [-0.05, 0) is 53.1 Å². The van der Waals surface area contributed by atoms with Crippen LogP contribution in [0.1, 0.15) is 28.8 Å². The lowest BCUT2D eigenvalue weighted by molar-refractivity contribution is 0.506. The van der Waals surface area contributed by atoms with E-state index in [9.17, 15) is 8.78 Å². The van der Waals surface area contributed by atoms with Crippen molar-refractivity contribution in [2.45, 2.75) is 18.6 Å². The molecule has 1 aliphatic heterocycles. The lowest BCUT2D eigenvalue weighted by Gasteiger charge is -2.20. The van der Waals surface area contributed by atoms with Crippen LogP contribution >= 0.6 is 23.2 Å². The molecule has 2 N–H and O–H groups in total. The zero-order chi connectivity index (χ0) is 20.4. The number of benzene rings is 3. The highest BCUT2D eigenvalue weighted by Gasteiger charge is 2.31. The molecule has 1 heterocycles. The van der Waals surface area contributed by atoms with Crippen molar-refractivity contribution in [1.82, 2.24) is 10.6 Å². The Morgan fingerprint density at radius 3 is 2.07 bits per heavy atom. The van der Waals surface area contributed by atoms with Crippen LogP contribution in [0, 0.1) is 11.6 Å². The Bertz CT molecular complexity index is 1040. The molecule has 0 radical (unpaired) electrons. The Morgan fingerprint density at radius 2 is 1.45 bits per heavy atom. The second-order valence-corrected chi connectivity index (χ2v) is 7.62. The highest BCUT2D eigenvalue weighted by atomic mass is 35.5. The molecule has 0 bridgehead atoms. The summed E-state index contributed by atoms with van der Waals surface area (Å²) in [5.74, 6) is -1.16. The van der Waals surface area contributed by atoms with Crippen LogP contribution in [0.2, 0.25) is 10.0 Å². The summed E-state index contributed by atoms with van der Waals surface area (Å²) < 4.78 is 26.6. The predicted octanol–water partition coefficient (Wildman–Crippen LogP) is 5.80. The Morgan fingerprint density at radius 1 is 0.828 bits per heavy atom. The van der Waals surface area contributed by atoms with Gasteiger partial charge in [0.2, 0.25) is 0 Å². The second kappa shape index (κ2) is 8.39. The fourth-order valence-corrected chi connectivity index (χ4v) is 3.52. The molecule has 0 saturated carbocycles. The first-order valence-electron chi connectivity index (χ1n) is 9.02. The van der Waals surface area contributed by atoms with Crippen molar-refractivity contribution in [3.8, 4) is 0 Å². The van der Waals surface area contributed by atoms with Crippen molar-refractivity contribution in [3.05, 3.63) is 105 Å². The minimum absolute atomic E-state index is 0.110. The maximum Gasteiger partial charge on any atom is 0.192 e. The third-order valence-corrected chi connectivity index (χ3v) is 5.26. The lowest BCUT2D eigenvalue weighted by atomic mass is 9.95. The largest absolute Gasteiger partial charge is 0.352 e. The van der Waals surface area contributed by atoms with Crippen molar-refractivity contribution in [2.24, 2.45) is 4.99 Å². The molecular weight excluding hydrogens is 415 g/mol. The molecule has 148 valence electrons. The molecule has 7 heteroatoms. The summed E-state index contributed by atoms with van der Waals surface area (Å²) in [6.45, 7) is 0.309. The van der Waals surface area contributed by atoms with Crippen molar-refractivity contribution in [1.29, 1.82) is 0 Å². The molecule has 0 fully saturated rings. The van der Waals surface area contributed by atoms with Crippen LogP contribution in [0.4, 0.5) is 8.78 Å². The maximum atomic E-state index is 13.4. The van der Waals surface area contributed by atoms with E-state index in [0.717, 1.165) is 17.2 Å². The van der Waals surface area contributed by atoms with Gasteiger partial charge in [0, 0.05) is 16.6 Å². The number of nitrogens with one attached hydrogen (secondary N) is 2. The molecular formula is C22H17Cl2F2N3. The van der Waals surface area contributed by atoms with Gasteiger partial charge in [-0.25, -0.2) is 13.8 Å². The van der Waals surface area contributed by atoms with Gasteiger partial charge < -0.3 is 10.6 Å². The van der Waals surface area contributed by atoms with Crippen LogP contribution in [-0.4, -0.2) is 5.96 Å². The normalized spacial score (nSPS) is 18.3. The highest BCUT2D eigenvalue weighted by molar-refractivity contribution is 6.30. The van der Waals surface area contributed by atoms with Gasteiger partial charge in [0.25, 0.3) is 0 Å². The molecule has 4 rings (SSSR count). The molecule has 0 amide bonds. The van der Waals surface area contributed by atoms with E-state index in [0.29, 0.717) is 28.1 Å². The molecule has 2 atom stereocenters. The average molecular weight is 432 g/mol. The molecule has 3 aromatic carbocycles. The van der Waals surface area contributed by atoms with E-state index in [1.165, 1.54) is 12.1 Å². The topological polar surface area (TPSA) is 36.4 Å². The summed E-state index contributed by atoms with van der Waals surface area (Å²) >= 11 is 12.0. The quantitative estimate of drug-likeness (QED) is 0.547. The van der Waals surface area contributed by atoms with Gasteiger partial charge >= 0.3 is 0 Å². The molecule has 3 aromatic rings. The number of hydrogen-bond acceptors (Lipinski definition) is 3. The van der Waals surface area contributed by atoms with Crippen LogP contribution < -0.4 is 10.6 Å². The maximum absolute atomic E-state index is 13.4. The predicted molar refractivity (Wildman–Crippen MR) is 112 cm³/mol. The SMILES string of the molecule is Fc1ccc(CNC2=NC(c3ccc(Cl)cc3)C(c3ccc(Cl)cc3)N2)cc1F. The first kappa shape index (κ1) is 19.7. The van der Waals surface area contributed by atoms with Crippen LogP contribution in [0.5, 0.6) is 0 Å². The molecule has 29 heavy (non-hydrogen) atoms. The number of nitrogens with zero attached hydrogens (tertiary/aromatic N) is 1. The summed E-state index contributed by atoms with van der Waals surface area (Å²) in [6.07, 6.45) is 0. The van der Waals surface area contributed by atoms with E-state index in [2.05, 4.69) is 10.6 Å². The summed E-state index contributed by atoms with van der Waals surface area (Å²) in [5.41, 5.74) is 2.65. The van der Waals surface area contributed by atoms with E-state index in [1.807, 2.05) is 48.5 Å². The molecule has 0 spiro atoms. The minimum atomic E-state index is -0.872. The van der Waals surface area contributed by atoms with Gasteiger partial charge in [0.1, 0.15) is 6.04 Å². The summed E-state index contributed by atoms with van der Waals surface area (Å²) in [7, 11) is 0. The van der Waals surface area contributed by atoms with E-state index in [-0.39, 0.29) is 12.1 Å². The van der Waals surface area contributed by atoms with Gasteiger partial charge in [0.15, 0.2) is 17.6 Å². The number of rotatable bonds is 4. The van der Waals surface area contributed by atoms with Crippen molar-refractivity contribution in [3.63, 3.8) is 0 Å². The monoisotopic (exact) mass is 431 g/mol. The second-order valence-electron chi connectivity index (χ2n) is 6.75. The Balaban J connectivity index is 1.57. The molecule has 0 aromatic heterocycles. The minimum Gasteiger partial charge on any atom is -0.352 e. The standard InChI is InChI=1S/C22H17Cl2F2N3/c23-16-6-2-14(3-7-16)20-21(15-4-8-17(24)9-5-15)29-22(28-20)27-12-13-1-10-18(25)19(26)11-13/h1-11,20-21H,12H2,(H2,27,28,29). The Hall–Kier alpha value is -2.63. The van der Waals surface area contributed by atoms with Gasteiger partial charge in [-0.15, -0.1) is 0 Å². The summed E-state index contributed by atoms with van der Waals surface area (Å²) in [5, 5.41) is 7.86. The van der Waals surface area contributed by atoms with E-state index < -0.39 is 11.6 Å². The first-order valence-corrected chi connectivity index (χ1v) is 9.78. The van der Waals surface area contributed by atoms with E-state index in [1.54, 1.807) is 0 Å². The van der Waals surface area contributed by atoms with Gasteiger partial charge in [-0.3, -0.25) is 0 Å². The third-order valence-electron chi connectivity index (χ3n) is 4.76. The van der Waals surface area contributed by atoms with Crippen LogP contribution in [-0.2, 0) is 6.54 Å². The molecule has 3 nitrogen and oxygen atoms in total. The van der Waals surface area contributed by atoms with Crippen molar-refractivity contribution in [2.75, 3.05) is 0 Å². The number of aliphatic imine (C=N–C) groups is 1. The number of hydrogen-bond donors (Lipinski definition) is 2. The van der Waals surface area contributed by atoms with Crippen LogP contribution in [0.15, 0.2) is 71.7 Å². The fourth-order valence-electron chi connectivity index (χ4n) is 3.27. The van der Waals surface area contributed by atoms with E-state index in [4.69, 9.17) is 28.2 Å². The van der Waals surface area contributed by atoms with E-state index >= 15 is 0 Å². The van der Waals surface area contributed by atoms with Gasteiger partial charge in [-0.1, -0.05) is 53.5 Å². The lowest BCUT2D eigenvalue weighted by Crippen LogP contribution is -2.35. The van der Waals surface area contributed by atoms with Crippen molar-refractivity contribution < 1.29 is 8.78 Å². The van der Waals surface area contributed by atoms with Crippen LogP contribution in [0.25, 0.3) is 0 Å². The molecule has 0 aliphatic carbocycles. The van der Waals surface area contributed by atoms with Crippen LogP contribution in [0.3, 0.4) is 0 Å². The smallest absolute Gasteiger partial charge is 0.192 e. The highest BCUT2D eigenvalue weighted by Crippen LogP contribution is 2.36. The molecule has 0 saturated heterocycles. The van der Waals surface area contributed by atoms with Gasteiger partial charge in [-0.2, -0.15) is 0 Å². The Kier molecular flexibility index (Phi) is 5.69. The third kappa shape index (κ3) is 4.52. The van der Waals surface area contributed by atoms with Crippen molar-refractivity contribution >= 4 is 29.2 Å². The fraction of sp³-hybridized carbons (Fsp3) is 0.136. The molecule has 2 unspecified atom stereocenters. The zero-order valence-corrected chi connectivity index (χ0v) is 16.7. The zero-order valence-electron chi connectivity index (χ0n) is 15.2. The number of guanidine groups is 1.